The van der Waals surface area contributed by atoms with Crippen LogP contribution in [-0.2, 0) is 11.4 Å². The minimum atomic E-state index is -0.853. The normalized spacial score (nSPS) is 11.5. The number of ether oxygens (including phenoxy) is 1. The summed E-state index contributed by atoms with van der Waals surface area (Å²) in [7, 11) is 0. The Morgan fingerprint density at radius 1 is 1.00 bits per heavy atom. The average Bonchev–Trinajstić information content (AvgIpc) is 2.74. The Morgan fingerprint density at radius 3 is 2.32 bits per heavy atom. The lowest BCUT2D eigenvalue weighted by Crippen LogP contribution is -2.26. The SMILES string of the molecule is CC(=O)N(F)C(c1ccccc1)c1cccc(OCc2ccc(C=O)cc2)c1. The molecule has 142 valence electrons. The summed E-state index contributed by atoms with van der Waals surface area (Å²) in [5, 5.41) is 0.229. The molecule has 3 rings (SSSR count). The zero-order valence-electron chi connectivity index (χ0n) is 15.4. The van der Waals surface area contributed by atoms with Gasteiger partial charge in [0.05, 0.1) is 0 Å². The van der Waals surface area contributed by atoms with E-state index in [1.807, 2.05) is 18.2 Å². The molecular weight excluding hydrogens is 357 g/mol. The van der Waals surface area contributed by atoms with Gasteiger partial charge in [0.2, 0.25) is 5.91 Å². The number of rotatable bonds is 7. The summed E-state index contributed by atoms with van der Waals surface area (Å²) >= 11 is 0. The number of benzene rings is 3. The van der Waals surface area contributed by atoms with Gasteiger partial charge in [0, 0.05) is 12.5 Å². The van der Waals surface area contributed by atoms with E-state index in [0.29, 0.717) is 29.0 Å². The third-order valence-corrected chi connectivity index (χ3v) is 4.34. The number of carbonyl (C=O) groups is 2. The van der Waals surface area contributed by atoms with E-state index >= 15 is 0 Å². The Labute approximate surface area is 163 Å². The number of hydrogen-bond donors (Lipinski definition) is 0. The van der Waals surface area contributed by atoms with Crippen LogP contribution in [0.25, 0.3) is 0 Å². The first-order valence-electron chi connectivity index (χ1n) is 8.86. The topological polar surface area (TPSA) is 46.6 Å². The molecule has 1 unspecified atom stereocenters. The maximum absolute atomic E-state index is 14.6. The smallest absolute Gasteiger partial charge is 0.248 e. The van der Waals surface area contributed by atoms with E-state index in [4.69, 9.17) is 4.74 Å². The van der Waals surface area contributed by atoms with Crippen molar-refractivity contribution in [3.8, 4) is 5.75 Å². The summed E-state index contributed by atoms with van der Waals surface area (Å²) in [6, 6.07) is 22.3. The number of amides is 1. The van der Waals surface area contributed by atoms with Gasteiger partial charge in [-0.3, -0.25) is 9.59 Å². The Bertz CT molecular complexity index is 942. The van der Waals surface area contributed by atoms with Crippen molar-refractivity contribution < 1.29 is 18.8 Å². The maximum atomic E-state index is 14.6. The van der Waals surface area contributed by atoms with Gasteiger partial charge in [-0.15, -0.1) is 0 Å². The van der Waals surface area contributed by atoms with Crippen LogP contribution >= 0.6 is 0 Å². The van der Waals surface area contributed by atoms with Gasteiger partial charge in [0.15, 0.2) is 0 Å². The second kappa shape index (κ2) is 8.95. The number of hydrogen-bond acceptors (Lipinski definition) is 3. The van der Waals surface area contributed by atoms with Crippen molar-refractivity contribution in [2.75, 3.05) is 0 Å². The molecule has 0 aliphatic rings. The summed E-state index contributed by atoms with van der Waals surface area (Å²) in [5.74, 6) is -0.106. The van der Waals surface area contributed by atoms with E-state index in [9.17, 15) is 14.1 Å². The summed E-state index contributed by atoms with van der Waals surface area (Å²) in [5.41, 5.74) is 2.79. The summed E-state index contributed by atoms with van der Waals surface area (Å²) < 4.78 is 20.4. The standard InChI is InChI=1S/C23H20FNO3/c1-17(27)25(24)23(20-6-3-2-4-7-20)21-8-5-9-22(14-21)28-16-19-12-10-18(15-26)11-13-19/h2-15,23H,16H2,1H3. The molecule has 0 spiro atoms. The Hall–Kier alpha value is -3.47. The van der Waals surface area contributed by atoms with Gasteiger partial charge >= 0.3 is 0 Å². The fourth-order valence-corrected chi connectivity index (χ4v) is 2.90. The molecule has 1 amide bonds. The molecule has 0 aliphatic heterocycles. The molecule has 5 heteroatoms. The van der Waals surface area contributed by atoms with Crippen LogP contribution in [0.1, 0.15) is 40.0 Å². The van der Waals surface area contributed by atoms with Crippen molar-refractivity contribution in [3.63, 3.8) is 0 Å². The monoisotopic (exact) mass is 377 g/mol. The predicted octanol–water partition coefficient (Wildman–Crippen LogP) is 4.90. The Kier molecular flexibility index (Phi) is 6.17. The lowest BCUT2D eigenvalue weighted by Gasteiger charge is -2.24. The number of aldehydes is 1. The second-order valence-electron chi connectivity index (χ2n) is 6.36. The molecule has 0 heterocycles. The van der Waals surface area contributed by atoms with Crippen LogP contribution in [-0.4, -0.2) is 17.3 Å². The second-order valence-corrected chi connectivity index (χ2v) is 6.36. The van der Waals surface area contributed by atoms with Gasteiger partial charge in [0.1, 0.15) is 24.7 Å². The van der Waals surface area contributed by atoms with Crippen LogP contribution in [0.5, 0.6) is 5.75 Å². The first-order valence-corrected chi connectivity index (χ1v) is 8.86. The maximum Gasteiger partial charge on any atom is 0.248 e. The van der Waals surface area contributed by atoms with Gasteiger partial charge < -0.3 is 4.74 Å². The van der Waals surface area contributed by atoms with E-state index in [-0.39, 0.29) is 5.12 Å². The van der Waals surface area contributed by atoms with Crippen LogP contribution < -0.4 is 4.74 Å². The quantitative estimate of drug-likeness (QED) is 0.435. The van der Waals surface area contributed by atoms with Crippen LogP contribution in [0, 0.1) is 0 Å². The van der Waals surface area contributed by atoms with Gasteiger partial charge in [0.25, 0.3) is 0 Å². The Balaban J connectivity index is 1.82. The molecule has 4 nitrogen and oxygen atoms in total. The first-order chi connectivity index (χ1) is 13.6. The molecule has 0 N–H and O–H groups in total. The highest BCUT2D eigenvalue weighted by atomic mass is 19.2. The van der Waals surface area contributed by atoms with Gasteiger partial charge in [-0.05, 0) is 28.8 Å². The summed E-state index contributed by atoms with van der Waals surface area (Å²) in [4.78, 5) is 22.4. The molecule has 28 heavy (non-hydrogen) atoms. The number of nitrogens with zero attached hydrogens (tertiary/aromatic N) is 1. The average molecular weight is 377 g/mol. The molecule has 0 aliphatic carbocycles. The van der Waals surface area contributed by atoms with Crippen LogP contribution in [0.2, 0.25) is 0 Å². The Morgan fingerprint density at radius 2 is 1.68 bits per heavy atom. The van der Waals surface area contributed by atoms with Gasteiger partial charge in [-0.25, -0.2) is 0 Å². The molecule has 3 aromatic rings. The van der Waals surface area contributed by atoms with E-state index in [1.165, 1.54) is 6.92 Å². The molecule has 0 saturated heterocycles. The predicted molar refractivity (Wildman–Crippen MR) is 105 cm³/mol. The largest absolute Gasteiger partial charge is 0.489 e. The van der Waals surface area contributed by atoms with Gasteiger partial charge in [-0.2, -0.15) is 5.12 Å². The lowest BCUT2D eigenvalue weighted by atomic mass is 9.98. The molecule has 3 aromatic carbocycles. The van der Waals surface area contributed by atoms with E-state index < -0.39 is 11.9 Å². The highest BCUT2D eigenvalue weighted by molar-refractivity contribution is 5.74. The minimum Gasteiger partial charge on any atom is -0.489 e. The van der Waals surface area contributed by atoms with Crippen molar-refractivity contribution in [2.45, 2.75) is 19.6 Å². The minimum absolute atomic E-state index is 0.229. The first kappa shape index (κ1) is 19.3. The van der Waals surface area contributed by atoms with E-state index in [0.717, 1.165) is 11.8 Å². The lowest BCUT2D eigenvalue weighted by molar-refractivity contribution is -0.148. The number of halogens is 1. The fraction of sp³-hybridized carbons (Fsp3) is 0.130. The highest BCUT2D eigenvalue weighted by Gasteiger charge is 2.25. The number of carbonyl (C=O) groups excluding carboxylic acids is 2. The molecule has 1 atom stereocenters. The van der Waals surface area contributed by atoms with E-state index in [2.05, 4.69) is 0 Å². The van der Waals surface area contributed by atoms with Crippen LogP contribution in [0.3, 0.4) is 0 Å². The molecule has 0 fully saturated rings. The van der Waals surface area contributed by atoms with Gasteiger partial charge in [-0.1, -0.05) is 71.2 Å². The summed E-state index contributed by atoms with van der Waals surface area (Å²) in [6.45, 7) is 1.50. The summed E-state index contributed by atoms with van der Waals surface area (Å²) in [6.07, 6.45) is 0.787. The van der Waals surface area contributed by atoms with Crippen LogP contribution in [0.15, 0.2) is 78.9 Å². The third-order valence-electron chi connectivity index (χ3n) is 4.34. The molecular formula is C23H20FNO3. The zero-order valence-corrected chi connectivity index (χ0v) is 15.4. The molecule has 0 aromatic heterocycles. The molecule has 0 radical (unpaired) electrons. The van der Waals surface area contributed by atoms with Crippen molar-refractivity contribution in [1.82, 2.24) is 5.12 Å². The highest BCUT2D eigenvalue weighted by Crippen LogP contribution is 2.31. The van der Waals surface area contributed by atoms with Crippen molar-refractivity contribution in [2.24, 2.45) is 0 Å². The van der Waals surface area contributed by atoms with Crippen molar-refractivity contribution in [3.05, 3.63) is 101 Å². The molecule has 0 saturated carbocycles. The molecule has 0 bridgehead atoms. The fourth-order valence-electron chi connectivity index (χ4n) is 2.90. The zero-order chi connectivity index (χ0) is 19.9. The third kappa shape index (κ3) is 4.62. The van der Waals surface area contributed by atoms with Crippen molar-refractivity contribution >= 4 is 12.2 Å². The van der Waals surface area contributed by atoms with Crippen LogP contribution in [0.4, 0.5) is 4.48 Å². The van der Waals surface area contributed by atoms with E-state index in [1.54, 1.807) is 60.7 Å². The van der Waals surface area contributed by atoms with Crippen molar-refractivity contribution in [1.29, 1.82) is 0 Å².